The summed E-state index contributed by atoms with van der Waals surface area (Å²) in [6.45, 7) is 6.44. The molecule has 0 saturated carbocycles. The van der Waals surface area contributed by atoms with Gasteiger partial charge in [0.15, 0.2) is 0 Å². The summed E-state index contributed by atoms with van der Waals surface area (Å²) >= 11 is 0. The van der Waals surface area contributed by atoms with E-state index in [2.05, 4.69) is 16.9 Å². The molecular formula is C13H24N4O. The van der Waals surface area contributed by atoms with Crippen molar-refractivity contribution < 1.29 is 4.74 Å². The summed E-state index contributed by atoms with van der Waals surface area (Å²) in [5, 5.41) is 4.19. The molecule has 1 aliphatic heterocycles. The molecule has 1 aliphatic rings. The van der Waals surface area contributed by atoms with Gasteiger partial charge in [-0.2, -0.15) is 5.10 Å². The fourth-order valence-electron chi connectivity index (χ4n) is 2.62. The fraction of sp³-hybridized carbons (Fsp3) is 0.769. The van der Waals surface area contributed by atoms with Gasteiger partial charge in [0.25, 0.3) is 0 Å². The van der Waals surface area contributed by atoms with Crippen LogP contribution in [0.3, 0.4) is 0 Å². The molecule has 1 saturated heterocycles. The van der Waals surface area contributed by atoms with E-state index in [0.29, 0.717) is 5.82 Å². The van der Waals surface area contributed by atoms with Gasteiger partial charge in [-0.1, -0.05) is 0 Å². The molecule has 2 rings (SSSR count). The molecule has 5 nitrogen and oxygen atoms in total. The summed E-state index contributed by atoms with van der Waals surface area (Å²) in [6, 6.07) is 1.84. The van der Waals surface area contributed by atoms with Crippen LogP contribution in [0, 0.1) is 0 Å². The maximum absolute atomic E-state index is 5.60. The van der Waals surface area contributed by atoms with Crippen LogP contribution in [0.15, 0.2) is 12.3 Å². The first-order valence-electron chi connectivity index (χ1n) is 6.68. The standard InChI is InChI=1S/C13H24N4O/c1-13(18-2)6-3-7-16(11-13)8-4-9-17-10-5-12(14)15-17/h5,10H,3-4,6-9,11H2,1-2H3,(H2,14,15). The Morgan fingerprint density at radius 3 is 3.00 bits per heavy atom. The Hall–Kier alpha value is -1.07. The second-order valence-corrected chi connectivity index (χ2v) is 5.39. The summed E-state index contributed by atoms with van der Waals surface area (Å²) in [4.78, 5) is 2.49. The van der Waals surface area contributed by atoms with Crippen LogP contribution in [-0.4, -0.2) is 47.0 Å². The van der Waals surface area contributed by atoms with Crippen LogP contribution in [0.1, 0.15) is 26.2 Å². The second kappa shape index (κ2) is 5.71. The highest BCUT2D eigenvalue weighted by Gasteiger charge is 2.30. The summed E-state index contributed by atoms with van der Waals surface area (Å²) in [6.07, 6.45) is 5.42. The highest BCUT2D eigenvalue weighted by molar-refractivity contribution is 5.23. The van der Waals surface area contributed by atoms with Crippen LogP contribution >= 0.6 is 0 Å². The van der Waals surface area contributed by atoms with E-state index < -0.39 is 0 Å². The van der Waals surface area contributed by atoms with Crippen molar-refractivity contribution in [2.45, 2.75) is 38.3 Å². The molecule has 18 heavy (non-hydrogen) atoms. The molecular weight excluding hydrogens is 228 g/mol. The van der Waals surface area contributed by atoms with E-state index in [-0.39, 0.29) is 5.60 Å². The number of hydrogen-bond donors (Lipinski definition) is 1. The van der Waals surface area contributed by atoms with Gasteiger partial charge in [0.05, 0.1) is 5.60 Å². The molecule has 1 fully saturated rings. The Morgan fingerprint density at radius 1 is 1.50 bits per heavy atom. The zero-order valence-corrected chi connectivity index (χ0v) is 11.4. The molecule has 2 heterocycles. The number of rotatable bonds is 5. The van der Waals surface area contributed by atoms with Crippen LogP contribution in [0.5, 0.6) is 0 Å². The maximum Gasteiger partial charge on any atom is 0.145 e. The predicted molar refractivity (Wildman–Crippen MR) is 72.3 cm³/mol. The molecule has 1 unspecified atom stereocenters. The number of likely N-dealkylation sites (tertiary alicyclic amines) is 1. The maximum atomic E-state index is 5.60. The van der Waals surface area contributed by atoms with Crippen LogP contribution < -0.4 is 5.73 Å². The zero-order chi connectivity index (χ0) is 13.0. The van der Waals surface area contributed by atoms with Crippen molar-refractivity contribution in [3.63, 3.8) is 0 Å². The van der Waals surface area contributed by atoms with E-state index in [4.69, 9.17) is 10.5 Å². The topological polar surface area (TPSA) is 56.3 Å². The van der Waals surface area contributed by atoms with Gasteiger partial charge in [0.2, 0.25) is 0 Å². The number of piperidine rings is 1. The number of nitrogens with zero attached hydrogens (tertiary/aromatic N) is 3. The van der Waals surface area contributed by atoms with Gasteiger partial charge in [-0.3, -0.25) is 4.68 Å². The van der Waals surface area contributed by atoms with Gasteiger partial charge in [0.1, 0.15) is 5.82 Å². The van der Waals surface area contributed by atoms with Crippen molar-refractivity contribution in [2.24, 2.45) is 0 Å². The van der Waals surface area contributed by atoms with E-state index in [1.165, 1.54) is 13.0 Å². The lowest BCUT2D eigenvalue weighted by atomic mass is 9.95. The normalized spacial score (nSPS) is 25.4. The number of aryl methyl sites for hydroxylation is 1. The van der Waals surface area contributed by atoms with E-state index in [0.717, 1.165) is 32.5 Å². The average Bonchev–Trinajstić information content (AvgIpc) is 2.75. The molecule has 1 aromatic heterocycles. The van der Waals surface area contributed by atoms with Crippen molar-refractivity contribution in [1.82, 2.24) is 14.7 Å². The lowest BCUT2D eigenvalue weighted by Gasteiger charge is -2.39. The number of nitrogen functional groups attached to an aromatic ring is 1. The third kappa shape index (κ3) is 3.46. The number of nitrogens with two attached hydrogens (primary N) is 1. The van der Waals surface area contributed by atoms with Crippen LogP contribution in [0.2, 0.25) is 0 Å². The van der Waals surface area contributed by atoms with Crippen molar-refractivity contribution in [1.29, 1.82) is 0 Å². The zero-order valence-electron chi connectivity index (χ0n) is 11.4. The first kappa shape index (κ1) is 13.4. The molecule has 0 aromatic carbocycles. The fourth-order valence-corrected chi connectivity index (χ4v) is 2.62. The highest BCUT2D eigenvalue weighted by Crippen LogP contribution is 2.23. The summed E-state index contributed by atoms with van der Waals surface area (Å²) in [5.41, 5.74) is 5.62. The molecule has 1 aromatic rings. The van der Waals surface area contributed by atoms with Crippen molar-refractivity contribution >= 4 is 5.82 Å². The van der Waals surface area contributed by atoms with E-state index in [1.807, 2.05) is 24.1 Å². The first-order valence-corrected chi connectivity index (χ1v) is 6.68. The molecule has 0 amide bonds. The Bertz CT molecular complexity index is 379. The van der Waals surface area contributed by atoms with E-state index in [1.54, 1.807) is 0 Å². The number of aromatic nitrogens is 2. The molecule has 5 heteroatoms. The van der Waals surface area contributed by atoms with Crippen molar-refractivity contribution in [3.05, 3.63) is 12.3 Å². The average molecular weight is 252 g/mol. The lowest BCUT2D eigenvalue weighted by molar-refractivity contribution is -0.0509. The quantitative estimate of drug-likeness (QED) is 0.859. The molecule has 1 atom stereocenters. The number of methoxy groups -OCH3 is 1. The minimum absolute atomic E-state index is 0.0361. The Morgan fingerprint density at radius 2 is 2.33 bits per heavy atom. The largest absolute Gasteiger partial charge is 0.382 e. The molecule has 0 radical (unpaired) electrons. The van der Waals surface area contributed by atoms with Gasteiger partial charge in [-0.15, -0.1) is 0 Å². The molecule has 2 N–H and O–H groups in total. The minimum atomic E-state index is 0.0361. The summed E-state index contributed by atoms with van der Waals surface area (Å²) in [5.74, 6) is 0.597. The highest BCUT2D eigenvalue weighted by atomic mass is 16.5. The Kier molecular flexibility index (Phi) is 4.24. The SMILES string of the molecule is COC1(C)CCCN(CCCn2ccc(N)n2)C1. The van der Waals surface area contributed by atoms with Gasteiger partial charge in [-0.05, 0) is 38.8 Å². The Labute approximate surface area is 109 Å². The van der Waals surface area contributed by atoms with E-state index >= 15 is 0 Å². The first-order chi connectivity index (χ1) is 8.61. The lowest BCUT2D eigenvalue weighted by Crippen LogP contribution is -2.47. The third-order valence-electron chi connectivity index (χ3n) is 3.75. The van der Waals surface area contributed by atoms with Crippen molar-refractivity contribution in [2.75, 3.05) is 32.5 Å². The monoisotopic (exact) mass is 252 g/mol. The van der Waals surface area contributed by atoms with E-state index in [9.17, 15) is 0 Å². The molecule has 0 aliphatic carbocycles. The molecule has 0 bridgehead atoms. The smallest absolute Gasteiger partial charge is 0.145 e. The van der Waals surface area contributed by atoms with Gasteiger partial charge in [-0.25, -0.2) is 0 Å². The van der Waals surface area contributed by atoms with Gasteiger partial charge in [0, 0.05) is 32.9 Å². The van der Waals surface area contributed by atoms with Crippen LogP contribution in [0.25, 0.3) is 0 Å². The Balaban J connectivity index is 1.73. The summed E-state index contributed by atoms with van der Waals surface area (Å²) in [7, 11) is 1.82. The third-order valence-corrected chi connectivity index (χ3v) is 3.75. The number of hydrogen-bond acceptors (Lipinski definition) is 4. The molecule has 0 spiro atoms. The number of anilines is 1. The van der Waals surface area contributed by atoms with Crippen LogP contribution in [-0.2, 0) is 11.3 Å². The number of ether oxygens (including phenoxy) is 1. The van der Waals surface area contributed by atoms with Gasteiger partial charge < -0.3 is 15.4 Å². The van der Waals surface area contributed by atoms with Crippen LogP contribution in [0.4, 0.5) is 5.82 Å². The second-order valence-electron chi connectivity index (χ2n) is 5.39. The van der Waals surface area contributed by atoms with Crippen molar-refractivity contribution in [3.8, 4) is 0 Å². The van der Waals surface area contributed by atoms with Gasteiger partial charge >= 0.3 is 0 Å². The predicted octanol–water partition coefficient (Wildman–Crippen LogP) is 1.36. The molecule has 102 valence electrons. The minimum Gasteiger partial charge on any atom is -0.382 e. The summed E-state index contributed by atoms with van der Waals surface area (Å²) < 4.78 is 7.51.